The molecular weight excluding hydrogens is 594 g/mol. The zero-order chi connectivity index (χ0) is 27.1. The van der Waals surface area contributed by atoms with Crippen molar-refractivity contribution in [3.8, 4) is 5.75 Å². The SMILES string of the molecule is O=C(N/N=C/c1ccc(OC(=O)c2ccccc2Br)cc1)c1ccc(NS(=O)(=O)c2ccc(Cl)cc2)cc1. The molecule has 0 heterocycles. The van der Waals surface area contributed by atoms with Crippen LogP contribution in [0.3, 0.4) is 0 Å². The molecule has 38 heavy (non-hydrogen) atoms. The highest BCUT2D eigenvalue weighted by Gasteiger charge is 2.15. The normalized spacial score (nSPS) is 11.2. The monoisotopic (exact) mass is 611 g/mol. The highest BCUT2D eigenvalue weighted by atomic mass is 79.9. The van der Waals surface area contributed by atoms with Gasteiger partial charge in [-0.2, -0.15) is 5.10 Å². The number of ether oxygens (including phenoxy) is 1. The second kappa shape index (κ2) is 12.0. The van der Waals surface area contributed by atoms with E-state index < -0.39 is 21.9 Å². The van der Waals surface area contributed by atoms with Crippen molar-refractivity contribution in [2.75, 3.05) is 4.72 Å². The number of benzene rings is 4. The Labute approximate surface area is 232 Å². The van der Waals surface area contributed by atoms with Crippen LogP contribution in [0.25, 0.3) is 0 Å². The molecule has 0 atom stereocenters. The topological polar surface area (TPSA) is 114 Å². The van der Waals surface area contributed by atoms with Crippen LogP contribution in [0, 0.1) is 0 Å². The number of anilines is 1. The van der Waals surface area contributed by atoms with Crippen molar-refractivity contribution in [1.29, 1.82) is 0 Å². The zero-order valence-corrected chi connectivity index (χ0v) is 22.6. The summed E-state index contributed by atoms with van der Waals surface area (Å²) >= 11 is 9.13. The number of halogens is 2. The third kappa shape index (κ3) is 7.06. The fraction of sp³-hybridized carbons (Fsp3) is 0. The molecule has 0 aromatic heterocycles. The number of hydrogen-bond acceptors (Lipinski definition) is 6. The maximum absolute atomic E-state index is 12.5. The van der Waals surface area contributed by atoms with E-state index in [-0.39, 0.29) is 10.5 Å². The molecule has 0 aliphatic carbocycles. The summed E-state index contributed by atoms with van der Waals surface area (Å²) in [5.74, 6) is -0.610. The number of carbonyl (C=O) groups is 2. The molecule has 4 aromatic rings. The number of hydrazone groups is 1. The van der Waals surface area contributed by atoms with E-state index in [1.807, 2.05) is 0 Å². The summed E-state index contributed by atoms with van der Waals surface area (Å²) in [6, 6.07) is 25.2. The lowest BCUT2D eigenvalue weighted by atomic mass is 10.2. The van der Waals surface area contributed by atoms with Gasteiger partial charge < -0.3 is 4.74 Å². The fourth-order valence-electron chi connectivity index (χ4n) is 3.16. The van der Waals surface area contributed by atoms with Crippen LogP contribution in [-0.4, -0.2) is 26.5 Å². The Kier molecular flexibility index (Phi) is 8.57. The lowest BCUT2D eigenvalue weighted by molar-refractivity contribution is 0.0733. The summed E-state index contributed by atoms with van der Waals surface area (Å²) in [6.45, 7) is 0. The van der Waals surface area contributed by atoms with Crippen LogP contribution in [0.4, 0.5) is 5.69 Å². The summed E-state index contributed by atoms with van der Waals surface area (Å²) in [5.41, 5.74) is 4.06. The quantitative estimate of drug-likeness (QED) is 0.112. The van der Waals surface area contributed by atoms with Gasteiger partial charge in [-0.3, -0.25) is 9.52 Å². The molecule has 192 valence electrons. The zero-order valence-electron chi connectivity index (χ0n) is 19.5. The van der Waals surface area contributed by atoms with E-state index in [0.29, 0.717) is 32.1 Å². The minimum Gasteiger partial charge on any atom is -0.423 e. The van der Waals surface area contributed by atoms with Gasteiger partial charge in [-0.25, -0.2) is 18.6 Å². The molecule has 0 aliphatic heterocycles. The average Bonchev–Trinajstić information content (AvgIpc) is 2.90. The highest BCUT2D eigenvalue weighted by molar-refractivity contribution is 9.10. The Hall–Kier alpha value is -3.99. The largest absolute Gasteiger partial charge is 0.423 e. The second-order valence-corrected chi connectivity index (χ2v) is 10.7. The smallest absolute Gasteiger partial charge is 0.344 e. The lowest BCUT2D eigenvalue weighted by Crippen LogP contribution is -2.18. The summed E-state index contributed by atoms with van der Waals surface area (Å²) in [6.07, 6.45) is 1.44. The van der Waals surface area contributed by atoms with Crippen LogP contribution in [0.1, 0.15) is 26.3 Å². The molecule has 8 nitrogen and oxygen atoms in total. The van der Waals surface area contributed by atoms with Crippen LogP contribution >= 0.6 is 27.5 Å². The van der Waals surface area contributed by atoms with Gasteiger partial charge in [0.25, 0.3) is 15.9 Å². The van der Waals surface area contributed by atoms with Crippen molar-refractivity contribution < 1.29 is 22.7 Å². The molecule has 4 aromatic carbocycles. The molecule has 0 fully saturated rings. The van der Waals surface area contributed by atoms with Crippen molar-refractivity contribution in [1.82, 2.24) is 5.43 Å². The molecule has 0 bridgehead atoms. The van der Waals surface area contributed by atoms with Crippen molar-refractivity contribution in [3.05, 3.63) is 123 Å². The molecular formula is C27H19BrClN3O5S. The van der Waals surface area contributed by atoms with Crippen LogP contribution in [0.2, 0.25) is 5.02 Å². The van der Waals surface area contributed by atoms with Gasteiger partial charge in [0, 0.05) is 20.7 Å². The second-order valence-electron chi connectivity index (χ2n) is 7.77. The first-order valence-corrected chi connectivity index (χ1v) is 13.7. The van der Waals surface area contributed by atoms with E-state index in [1.165, 1.54) is 54.7 Å². The van der Waals surface area contributed by atoms with Crippen LogP contribution in [0.5, 0.6) is 5.75 Å². The van der Waals surface area contributed by atoms with Gasteiger partial charge in [-0.15, -0.1) is 0 Å². The molecule has 11 heteroatoms. The first-order chi connectivity index (χ1) is 18.2. The Morgan fingerprint density at radius 1 is 0.868 bits per heavy atom. The molecule has 4 rings (SSSR count). The Bertz CT molecular complexity index is 1590. The third-order valence-corrected chi connectivity index (χ3v) is 7.43. The number of hydrogen-bond donors (Lipinski definition) is 2. The molecule has 0 radical (unpaired) electrons. The van der Waals surface area contributed by atoms with E-state index in [4.69, 9.17) is 16.3 Å². The van der Waals surface area contributed by atoms with Gasteiger partial charge in [0.05, 0.1) is 16.7 Å². The summed E-state index contributed by atoms with van der Waals surface area (Å²) in [7, 11) is -3.80. The number of nitrogens with zero attached hydrogens (tertiary/aromatic N) is 1. The number of sulfonamides is 1. The van der Waals surface area contributed by atoms with E-state index in [2.05, 4.69) is 31.2 Å². The van der Waals surface area contributed by atoms with Gasteiger partial charge in [0.1, 0.15) is 5.75 Å². The number of rotatable bonds is 8. The maximum atomic E-state index is 12.5. The standard InChI is InChI=1S/C27H19BrClN3O5S/c28-25-4-2-1-3-24(25)27(34)37-22-13-5-18(6-14-22)17-30-31-26(33)19-7-11-21(12-8-19)32-38(35,36)23-15-9-20(29)10-16-23/h1-17,32H,(H,31,33)/b30-17+. The first kappa shape index (κ1) is 27.1. The molecule has 0 aliphatic rings. The van der Waals surface area contributed by atoms with E-state index in [1.54, 1.807) is 48.5 Å². The van der Waals surface area contributed by atoms with Gasteiger partial charge in [-0.05, 0) is 106 Å². The number of nitrogens with one attached hydrogen (secondary N) is 2. The van der Waals surface area contributed by atoms with Crippen molar-refractivity contribution >= 4 is 61.3 Å². The highest BCUT2D eigenvalue weighted by Crippen LogP contribution is 2.20. The predicted octanol–water partition coefficient (Wildman–Crippen LogP) is 5.89. The van der Waals surface area contributed by atoms with E-state index >= 15 is 0 Å². The molecule has 0 spiro atoms. The van der Waals surface area contributed by atoms with Crippen LogP contribution < -0.4 is 14.9 Å². The average molecular weight is 613 g/mol. The lowest BCUT2D eigenvalue weighted by Gasteiger charge is -2.09. The van der Waals surface area contributed by atoms with Crippen molar-refractivity contribution in [3.63, 3.8) is 0 Å². The Morgan fingerprint density at radius 3 is 2.18 bits per heavy atom. The maximum Gasteiger partial charge on any atom is 0.344 e. The third-order valence-electron chi connectivity index (χ3n) is 5.09. The molecule has 0 saturated carbocycles. The summed E-state index contributed by atoms with van der Waals surface area (Å²) in [4.78, 5) is 24.8. The van der Waals surface area contributed by atoms with Gasteiger partial charge >= 0.3 is 5.97 Å². The van der Waals surface area contributed by atoms with E-state index in [9.17, 15) is 18.0 Å². The molecule has 0 saturated heterocycles. The fourth-order valence-corrected chi connectivity index (χ4v) is 4.79. The van der Waals surface area contributed by atoms with Crippen LogP contribution in [0.15, 0.2) is 112 Å². The number of carbonyl (C=O) groups excluding carboxylic acids is 2. The van der Waals surface area contributed by atoms with Gasteiger partial charge in [-0.1, -0.05) is 23.7 Å². The van der Waals surface area contributed by atoms with Crippen molar-refractivity contribution in [2.24, 2.45) is 5.10 Å². The molecule has 2 N–H and O–H groups in total. The molecule has 0 unspecified atom stereocenters. The van der Waals surface area contributed by atoms with Crippen molar-refractivity contribution in [2.45, 2.75) is 4.90 Å². The number of esters is 1. The predicted molar refractivity (Wildman–Crippen MR) is 149 cm³/mol. The Balaban J connectivity index is 1.31. The Morgan fingerprint density at radius 2 is 1.53 bits per heavy atom. The van der Waals surface area contributed by atoms with Crippen LogP contribution in [-0.2, 0) is 10.0 Å². The minimum absolute atomic E-state index is 0.0634. The summed E-state index contributed by atoms with van der Waals surface area (Å²) < 4.78 is 33.4. The van der Waals surface area contributed by atoms with Gasteiger partial charge in [0.15, 0.2) is 0 Å². The minimum atomic E-state index is -3.80. The molecule has 1 amide bonds. The van der Waals surface area contributed by atoms with E-state index in [0.717, 1.165) is 0 Å². The first-order valence-electron chi connectivity index (χ1n) is 11.0. The van der Waals surface area contributed by atoms with Gasteiger partial charge in [0.2, 0.25) is 0 Å². The summed E-state index contributed by atoms with van der Waals surface area (Å²) in [5, 5.41) is 4.36. The number of amides is 1.